The Morgan fingerprint density at radius 1 is 0.968 bits per heavy atom. The Balaban J connectivity index is 1.58. The molecule has 1 amide bonds. The van der Waals surface area contributed by atoms with Crippen LogP contribution in [0.25, 0.3) is 11.0 Å². The molecule has 0 bridgehead atoms. The molecule has 4 rings (SSSR count). The highest BCUT2D eigenvalue weighted by Crippen LogP contribution is 2.23. The average Bonchev–Trinajstić information content (AvgIpc) is 3.10. The number of aromatic nitrogens is 2. The first-order chi connectivity index (χ1) is 14.8. The summed E-state index contributed by atoms with van der Waals surface area (Å²) in [4.78, 5) is 17.3. The lowest BCUT2D eigenvalue weighted by molar-refractivity contribution is 0.0949. The highest BCUT2D eigenvalue weighted by atomic mass is 35.5. The molecule has 0 saturated carbocycles. The summed E-state index contributed by atoms with van der Waals surface area (Å²) in [5, 5.41) is 3.59. The second-order valence-electron chi connectivity index (χ2n) is 8.74. The monoisotopic (exact) mass is 431 g/mol. The van der Waals surface area contributed by atoms with Crippen molar-refractivity contribution in [1.29, 1.82) is 0 Å². The smallest absolute Gasteiger partial charge is 0.251 e. The van der Waals surface area contributed by atoms with Gasteiger partial charge in [-0.1, -0.05) is 68.8 Å². The third-order valence-electron chi connectivity index (χ3n) is 5.41. The van der Waals surface area contributed by atoms with Crippen molar-refractivity contribution in [3.63, 3.8) is 0 Å². The first-order valence-corrected chi connectivity index (χ1v) is 10.8. The standard InChI is InChI=1S/C26H26ClN3O/c1-26(2,3)20-12-8-18(9-13-20)17-30-23-7-5-4-6-22(23)29-24(30)16-28-25(31)19-10-14-21(27)15-11-19/h4-15H,16-17H2,1-3H3,(H,28,31). The molecule has 0 radical (unpaired) electrons. The third-order valence-corrected chi connectivity index (χ3v) is 5.66. The van der Waals surface area contributed by atoms with Gasteiger partial charge in [0.2, 0.25) is 0 Å². The SMILES string of the molecule is CC(C)(C)c1ccc(Cn2c(CNC(=O)c3ccc(Cl)cc3)nc3ccccc32)cc1. The fraction of sp³-hybridized carbons (Fsp3) is 0.231. The Kier molecular flexibility index (Phi) is 5.84. The minimum Gasteiger partial charge on any atom is -0.345 e. The summed E-state index contributed by atoms with van der Waals surface area (Å²) in [6, 6.07) is 23.7. The summed E-state index contributed by atoms with van der Waals surface area (Å²) in [6.45, 7) is 7.68. The van der Waals surface area contributed by atoms with Crippen LogP contribution in [-0.2, 0) is 18.5 Å². The number of hydrogen-bond acceptors (Lipinski definition) is 2. The molecule has 0 aliphatic rings. The Labute approximate surface area is 187 Å². The second-order valence-corrected chi connectivity index (χ2v) is 9.18. The number of fused-ring (bicyclic) bond motifs is 1. The maximum Gasteiger partial charge on any atom is 0.251 e. The summed E-state index contributed by atoms with van der Waals surface area (Å²) in [7, 11) is 0. The lowest BCUT2D eigenvalue weighted by Crippen LogP contribution is -2.24. The van der Waals surface area contributed by atoms with Crippen molar-refractivity contribution in [3.05, 3.63) is 100 Å². The van der Waals surface area contributed by atoms with E-state index in [1.165, 1.54) is 11.1 Å². The van der Waals surface area contributed by atoms with Crippen molar-refractivity contribution in [1.82, 2.24) is 14.9 Å². The minimum atomic E-state index is -0.148. The summed E-state index contributed by atoms with van der Waals surface area (Å²) in [6.07, 6.45) is 0. The molecule has 0 aliphatic heterocycles. The molecule has 0 saturated heterocycles. The Hall–Kier alpha value is -3.11. The van der Waals surface area contributed by atoms with Gasteiger partial charge in [0.15, 0.2) is 0 Å². The maximum absolute atomic E-state index is 12.6. The van der Waals surface area contributed by atoms with Crippen LogP contribution in [0, 0.1) is 0 Å². The Bertz CT molecular complexity index is 1200. The molecule has 0 unspecified atom stereocenters. The Morgan fingerprint density at radius 3 is 2.32 bits per heavy atom. The number of nitrogens with one attached hydrogen (secondary N) is 1. The van der Waals surface area contributed by atoms with Crippen LogP contribution in [0.1, 0.15) is 48.1 Å². The van der Waals surface area contributed by atoms with Crippen LogP contribution in [-0.4, -0.2) is 15.5 Å². The van der Waals surface area contributed by atoms with Crippen LogP contribution >= 0.6 is 11.6 Å². The molecule has 0 spiro atoms. The number of benzene rings is 3. The number of imidazole rings is 1. The van der Waals surface area contributed by atoms with Gasteiger partial charge in [-0.15, -0.1) is 0 Å². The number of hydrogen-bond donors (Lipinski definition) is 1. The molecular weight excluding hydrogens is 406 g/mol. The van der Waals surface area contributed by atoms with E-state index in [-0.39, 0.29) is 11.3 Å². The molecule has 4 aromatic rings. The van der Waals surface area contributed by atoms with Gasteiger partial charge >= 0.3 is 0 Å². The topological polar surface area (TPSA) is 46.9 Å². The van der Waals surface area contributed by atoms with Crippen molar-refractivity contribution in [2.24, 2.45) is 0 Å². The molecule has 158 valence electrons. The number of rotatable bonds is 5. The van der Waals surface area contributed by atoms with Gasteiger partial charge in [-0.05, 0) is 52.9 Å². The Morgan fingerprint density at radius 2 is 1.65 bits per heavy atom. The molecule has 4 nitrogen and oxygen atoms in total. The van der Waals surface area contributed by atoms with E-state index < -0.39 is 0 Å². The van der Waals surface area contributed by atoms with E-state index >= 15 is 0 Å². The van der Waals surface area contributed by atoms with Crippen LogP contribution in [0.2, 0.25) is 5.02 Å². The van der Waals surface area contributed by atoms with E-state index in [1.807, 2.05) is 18.2 Å². The lowest BCUT2D eigenvalue weighted by atomic mass is 9.87. The quantitative estimate of drug-likeness (QED) is 0.423. The van der Waals surface area contributed by atoms with Crippen LogP contribution < -0.4 is 5.32 Å². The molecule has 5 heteroatoms. The second kappa shape index (κ2) is 8.56. The van der Waals surface area contributed by atoms with Crippen molar-refractivity contribution in [2.45, 2.75) is 39.3 Å². The van der Waals surface area contributed by atoms with E-state index in [1.54, 1.807) is 24.3 Å². The molecule has 31 heavy (non-hydrogen) atoms. The van der Waals surface area contributed by atoms with Crippen molar-refractivity contribution in [3.8, 4) is 0 Å². The molecule has 0 atom stereocenters. The fourth-order valence-corrected chi connectivity index (χ4v) is 3.72. The van der Waals surface area contributed by atoms with Crippen molar-refractivity contribution in [2.75, 3.05) is 0 Å². The van der Waals surface area contributed by atoms with Gasteiger partial charge in [-0.25, -0.2) is 4.98 Å². The van der Waals surface area contributed by atoms with Gasteiger partial charge < -0.3 is 9.88 Å². The average molecular weight is 432 g/mol. The van der Waals surface area contributed by atoms with Gasteiger partial charge in [-0.2, -0.15) is 0 Å². The first kappa shape index (κ1) is 21.1. The van der Waals surface area contributed by atoms with E-state index in [0.717, 1.165) is 16.9 Å². The van der Waals surface area contributed by atoms with Crippen LogP contribution in [0.3, 0.4) is 0 Å². The molecule has 0 aliphatic carbocycles. The predicted molar refractivity (Wildman–Crippen MR) is 127 cm³/mol. The van der Waals surface area contributed by atoms with Crippen LogP contribution in [0.15, 0.2) is 72.8 Å². The highest BCUT2D eigenvalue weighted by Gasteiger charge is 2.15. The fourth-order valence-electron chi connectivity index (χ4n) is 3.59. The number of carbonyl (C=O) groups is 1. The number of amides is 1. The molecule has 1 heterocycles. The van der Waals surface area contributed by atoms with Crippen LogP contribution in [0.4, 0.5) is 0 Å². The number of carbonyl (C=O) groups excluding carboxylic acids is 1. The first-order valence-electron chi connectivity index (χ1n) is 10.4. The summed E-state index contributed by atoms with van der Waals surface area (Å²) in [5.41, 5.74) is 5.17. The number of nitrogens with zero attached hydrogens (tertiary/aromatic N) is 2. The zero-order valence-corrected chi connectivity index (χ0v) is 18.8. The van der Waals surface area contributed by atoms with Gasteiger partial charge in [0.25, 0.3) is 5.91 Å². The van der Waals surface area contributed by atoms with Crippen LogP contribution in [0.5, 0.6) is 0 Å². The molecule has 0 fully saturated rings. The largest absolute Gasteiger partial charge is 0.345 e. The molecule has 1 aromatic heterocycles. The zero-order valence-electron chi connectivity index (χ0n) is 18.0. The van der Waals surface area contributed by atoms with E-state index in [0.29, 0.717) is 23.7 Å². The lowest BCUT2D eigenvalue weighted by Gasteiger charge is -2.19. The molecule has 1 N–H and O–H groups in total. The number of halogens is 1. The summed E-state index contributed by atoms with van der Waals surface area (Å²) in [5.74, 6) is 0.674. The van der Waals surface area contributed by atoms with Crippen molar-refractivity contribution < 1.29 is 4.79 Å². The van der Waals surface area contributed by atoms with Crippen molar-refractivity contribution >= 4 is 28.5 Å². The molecular formula is C26H26ClN3O. The van der Waals surface area contributed by atoms with E-state index in [2.05, 4.69) is 61.0 Å². The number of para-hydroxylation sites is 2. The zero-order chi connectivity index (χ0) is 22.0. The summed E-state index contributed by atoms with van der Waals surface area (Å²) < 4.78 is 2.17. The third kappa shape index (κ3) is 4.80. The van der Waals surface area contributed by atoms with E-state index in [4.69, 9.17) is 16.6 Å². The summed E-state index contributed by atoms with van der Waals surface area (Å²) >= 11 is 5.92. The van der Waals surface area contributed by atoms with E-state index in [9.17, 15) is 4.79 Å². The van der Waals surface area contributed by atoms with Gasteiger partial charge in [0, 0.05) is 17.1 Å². The minimum absolute atomic E-state index is 0.122. The predicted octanol–water partition coefficient (Wildman–Crippen LogP) is 5.97. The van der Waals surface area contributed by atoms with Gasteiger partial charge in [0.1, 0.15) is 5.82 Å². The normalized spacial score (nSPS) is 11.6. The van der Waals surface area contributed by atoms with Gasteiger partial charge in [0.05, 0.1) is 17.6 Å². The molecule has 3 aromatic carbocycles. The maximum atomic E-state index is 12.6. The highest BCUT2D eigenvalue weighted by molar-refractivity contribution is 6.30. The van der Waals surface area contributed by atoms with Gasteiger partial charge in [-0.3, -0.25) is 4.79 Å².